The lowest BCUT2D eigenvalue weighted by Crippen LogP contribution is -2.29. The van der Waals surface area contributed by atoms with E-state index >= 15 is 0 Å². The highest BCUT2D eigenvalue weighted by Gasteiger charge is 2.32. The van der Waals surface area contributed by atoms with Crippen molar-refractivity contribution in [3.05, 3.63) is 44.7 Å². The van der Waals surface area contributed by atoms with Crippen molar-refractivity contribution in [1.82, 2.24) is 14.3 Å². The SMILES string of the molecule is Cc1ccc2nc(NCC(C)C)c(/C=C3/SC(=S)N(CCCCCC(=O)O)C3=O)c(=O)n2c1. The first-order valence-electron chi connectivity index (χ1n) is 10.9. The van der Waals surface area contributed by atoms with Gasteiger partial charge in [-0.2, -0.15) is 0 Å². The molecule has 33 heavy (non-hydrogen) atoms. The lowest BCUT2D eigenvalue weighted by molar-refractivity contribution is -0.137. The Balaban J connectivity index is 1.89. The van der Waals surface area contributed by atoms with Gasteiger partial charge in [-0.15, -0.1) is 0 Å². The van der Waals surface area contributed by atoms with Crippen molar-refractivity contribution in [3.63, 3.8) is 0 Å². The van der Waals surface area contributed by atoms with Gasteiger partial charge in [0.2, 0.25) is 0 Å². The van der Waals surface area contributed by atoms with Crippen LogP contribution in [-0.4, -0.2) is 48.7 Å². The summed E-state index contributed by atoms with van der Waals surface area (Å²) in [5.74, 6) is -0.283. The average molecular weight is 489 g/mol. The summed E-state index contributed by atoms with van der Waals surface area (Å²) >= 11 is 6.56. The summed E-state index contributed by atoms with van der Waals surface area (Å²) < 4.78 is 1.93. The number of carboxylic acid groups (broad SMARTS) is 1. The van der Waals surface area contributed by atoms with Crippen LogP contribution in [0.4, 0.5) is 5.82 Å². The number of nitrogens with one attached hydrogen (secondary N) is 1. The van der Waals surface area contributed by atoms with Gasteiger partial charge in [0.25, 0.3) is 11.5 Å². The Hall–Kier alpha value is -2.72. The van der Waals surface area contributed by atoms with E-state index in [1.165, 1.54) is 21.1 Å². The average Bonchev–Trinajstić information content (AvgIpc) is 3.01. The number of hydrogen-bond acceptors (Lipinski definition) is 7. The first-order valence-corrected chi connectivity index (χ1v) is 12.1. The Kier molecular flexibility index (Phi) is 8.25. The molecule has 1 aliphatic heterocycles. The minimum absolute atomic E-state index is 0.114. The molecule has 1 amide bonds. The van der Waals surface area contributed by atoms with Crippen LogP contribution < -0.4 is 10.9 Å². The minimum atomic E-state index is -0.823. The molecule has 8 nitrogen and oxygen atoms in total. The number of carbonyl (C=O) groups is 2. The molecule has 10 heteroatoms. The Morgan fingerprint density at radius 2 is 2.03 bits per heavy atom. The molecule has 2 N–H and O–H groups in total. The number of thioether (sulfide) groups is 1. The summed E-state index contributed by atoms with van der Waals surface area (Å²) in [4.78, 5) is 43.5. The highest BCUT2D eigenvalue weighted by Crippen LogP contribution is 2.33. The van der Waals surface area contributed by atoms with Gasteiger partial charge in [0, 0.05) is 25.7 Å². The first kappa shape index (κ1) is 24.9. The number of carbonyl (C=O) groups excluding carboxylic acids is 1. The van der Waals surface area contributed by atoms with E-state index in [9.17, 15) is 14.4 Å². The molecule has 3 heterocycles. The number of hydrogen-bond donors (Lipinski definition) is 2. The molecule has 0 saturated carbocycles. The number of aliphatic carboxylic acids is 1. The molecule has 2 aromatic heterocycles. The largest absolute Gasteiger partial charge is 0.481 e. The smallest absolute Gasteiger partial charge is 0.303 e. The van der Waals surface area contributed by atoms with Crippen LogP contribution >= 0.6 is 24.0 Å². The molecule has 0 radical (unpaired) electrons. The number of thiocarbonyl (C=S) groups is 1. The lowest BCUT2D eigenvalue weighted by Gasteiger charge is -2.14. The van der Waals surface area contributed by atoms with Gasteiger partial charge in [0.15, 0.2) is 0 Å². The third kappa shape index (κ3) is 6.20. The summed E-state index contributed by atoms with van der Waals surface area (Å²) in [7, 11) is 0. The Labute approximate surface area is 202 Å². The molecule has 1 aliphatic rings. The number of unbranched alkanes of at least 4 members (excludes halogenated alkanes) is 2. The van der Waals surface area contributed by atoms with Crippen LogP contribution in [0.2, 0.25) is 0 Å². The fraction of sp³-hybridized carbons (Fsp3) is 0.435. The molecular formula is C23H28N4O4S2. The third-order valence-corrected chi connectivity index (χ3v) is 6.48. The molecule has 0 spiro atoms. The zero-order chi connectivity index (χ0) is 24.1. The Bertz CT molecular complexity index is 1170. The van der Waals surface area contributed by atoms with E-state index < -0.39 is 5.97 Å². The van der Waals surface area contributed by atoms with E-state index in [2.05, 4.69) is 24.1 Å². The molecule has 0 aromatic carbocycles. The van der Waals surface area contributed by atoms with E-state index in [4.69, 9.17) is 17.3 Å². The number of rotatable bonds is 10. The monoisotopic (exact) mass is 488 g/mol. The van der Waals surface area contributed by atoms with Crippen LogP contribution in [-0.2, 0) is 9.59 Å². The number of aromatic nitrogens is 2. The third-order valence-electron chi connectivity index (χ3n) is 5.10. The second kappa shape index (κ2) is 10.9. The quantitative estimate of drug-likeness (QED) is 0.295. The maximum atomic E-state index is 13.3. The van der Waals surface area contributed by atoms with Crippen molar-refractivity contribution < 1.29 is 14.7 Å². The molecule has 0 unspecified atom stereocenters. The number of pyridine rings is 1. The van der Waals surface area contributed by atoms with Crippen molar-refractivity contribution in [1.29, 1.82) is 0 Å². The maximum absolute atomic E-state index is 13.3. The second-order valence-electron chi connectivity index (χ2n) is 8.43. The number of anilines is 1. The van der Waals surface area contributed by atoms with Crippen LogP contribution in [0.25, 0.3) is 11.7 Å². The summed E-state index contributed by atoms with van der Waals surface area (Å²) in [5, 5.41) is 12.0. The van der Waals surface area contributed by atoms with E-state index in [0.717, 1.165) is 5.56 Å². The number of amides is 1. The predicted octanol–water partition coefficient (Wildman–Crippen LogP) is 3.92. The van der Waals surface area contributed by atoms with E-state index in [0.29, 0.717) is 64.5 Å². The van der Waals surface area contributed by atoms with Crippen molar-refractivity contribution in [3.8, 4) is 0 Å². The zero-order valence-electron chi connectivity index (χ0n) is 19.0. The van der Waals surface area contributed by atoms with Gasteiger partial charge in [0.1, 0.15) is 15.8 Å². The number of nitrogens with zero attached hydrogens (tertiary/aromatic N) is 3. The molecule has 0 atom stereocenters. The van der Waals surface area contributed by atoms with Crippen LogP contribution in [0.5, 0.6) is 0 Å². The summed E-state index contributed by atoms with van der Waals surface area (Å²) in [6.07, 6.45) is 5.34. The van der Waals surface area contributed by atoms with Crippen LogP contribution in [0.3, 0.4) is 0 Å². The zero-order valence-corrected chi connectivity index (χ0v) is 20.6. The topological polar surface area (TPSA) is 104 Å². The maximum Gasteiger partial charge on any atom is 0.303 e. The van der Waals surface area contributed by atoms with Crippen LogP contribution in [0, 0.1) is 12.8 Å². The standard InChI is InChI=1S/C23H28N4O4S2/c1-14(2)12-24-20-16(21(30)27-13-15(3)8-9-18(27)25-20)11-17-22(31)26(23(32)33-17)10-6-4-5-7-19(28)29/h8-9,11,13-14,24H,4-7,10,12H2,1-3H3,(H,28,29)/b17-11+. The van der Waals surface area contributed by atoms with Gasteiger partial charge in [-0.25, -0.2) is 4.98 Å². The van der Waals surface area contributed by atoms with Gasteiger partial charge in [-0.1, -0.05) is 50.3 Å². The van der Waals surface area contributed by atoms with Crippen LogP contribution in [0.1, 0.15) is 50.7 Å². The molecule has 3 rings (SSSR count). The molecule has 2 aromatic rings. The molecule has 0 bridgehead atoms. The Morgan fingerprint density at radius 1 is 1.27 bits per heavy atom. The molecule has 0 aliphatic carbocycles. The second-order valence-corrected chi connectivity index (χ2v) is 10.1. The minimum Gasteiger partial charge on any atom is -0.481 e. The van der Waals surface area contributed by atoms with Crippen molar-refractivity contribution in [2.75, 3.05) is 18.4 Å². The summed E-state index contributed by atoms with van der Waals surface area (Å²) in [5.41, 5.74) is 1.52. The van der Waals surface area contributed by atoms with E-state index in [1.54, 1.807) is 18.3 Å². The van der Waals surface area contributed by atoms with Crippen molar-refractivity contribution >= 4 is 57.7 Å². The number of carboxylic acids is 1. The fourth-order valence-electron chi connectivity index (χ4n) is 3.37. The van der Waals surface area contributed by atoms with Gasteiger partial charge in [-0.3, -0.25) is 23.7 Å². The van der Waals surface area contributed by atoms with E-state index in [-0.39, 0.29) is 17.9 Å². The summed E-state index contributed by atoms with van der Waals surface area (Å²) in [6, 6.07) is 3.69. The van der Waals surface area contributed by atoms with Gasteiger partial charge < -0.3 is 10.4 Å². The van der Waals surface area contributed by atoms with Gasteiger partial charge in [-0.05, 0) is 43.4 Å². The fourth-order valence-corrected chi connectivity index (χ4v) is 4.66. The highest BCUT2D eigenvalue weighted by atomic mass is 32.2. The van der Waals surface area contributed by atoms with E-state index in [1.807, 2.05) is 13.0 Å². The predicted molar refractivity (Wildman–Crippen MR) is 136 cm³/mol. The van der Waals surface area contributed by atoms with Gasteiger partial charge in [0.05, 0.1) is 10.5 Å². The molecule has 1 saturated heterocycles. The number of aryl methyl sites for hydroxylation is 1. The van der Waals surface area contributed by atoms with Crippen LogP contribution in [0.15, 0.2) is 28.0 Å². The lowest BCUT2D eigenvalue weighted by atomic mass is 10.2. The molecule has 1 fully saturated rings. The Morgan fingerprint density at radius 3 is 2.73 bits per heavy atom. The normalized spacial score (nSPS) is 15.3. The summed E-state index contributed by atoms with van der Waals surface area (Å²) in [6.45, 7) is 7.08. The molecule has 176 valence electrons. The first-order chi connectivity index (χ1) is 15.7. The van der Waals surface area contributed by atoms with Crippen molar-refractivity contribution in [2.45, 2.75) is 46.5 Å². The highest BCUT2D eigenvalue weighted by molar-refractivity contribution is 8.26. The number of fused-ring (bicyclic) bond motifs is 1. The van der Waals surface area contributed by atoms with Crippen molar-refractivity contribution in [2.24, 2.45) is 5.92 Å². The molecular weight excluding hydrogens is 460 g/mol. The van der Waals surface area contributed by atoms with Gasteiger partial charge >= 0.3 is 5.97 Å².